The first-order valence-corrected chi connectivity index (χ1v) is 13.4. The quantitative estimate of drug-likeness (QED) is 0.182. The van der Waals surface area contributed by atoms with Gasteiger partial charge < -0.3 is 21.0 Å². The molecule has 2 aliphatic rings. The second-order valence-corrected chi connectivity index (χ2v) is 10.7. The van der Waals surface area contributed by atoms with Crippen LogP contribution in [0.15, 0.2) is 45.0 Å². The van der Waals surface area contributed by atoms with Gasteiger partial charge in [0.05, 0.1) is 5.69 Å². The Kier molecular flexibility index (Phi) is 7.80. The van der Waals surface area contributed by atoms with Crippen LogP contribution in [-0.2, 0) is 19.2 Å². The summed E-state index contributed by atoms with van der Waals surface area (Å²) in [6.45, 7) is 1.39. The fourth-order valence-corrected chi connectivity index (χ4v) is 6.57. The number of rotatable bonds is 9. The number of hydrogen-bond donors (Lipinski definition) is 3. The third kappa shape index (κ3) is 5.17. The number of nitrogen functional groups attached to an aromatic ring is 1. The van der Waals surface area contributed by atoms with Gasteiger partial charge in [-0.2, -0.15) is 0 Å². The van der Waals surface area contributed by atoms with E-state index in [0.29, 0.717) is 22.8 Å². The number of fused-ring (bicyclic) bond motifs is 1. The number of carboxylic acid groups (broad SMARTS) is 1. The third-order valence-corrected chi connectivity index (χ3v) is 8.37. The number of nitrogens with two attached hydrogens (primary N) is 1. The highest BCUT2D eigenvalue weighted by atomic mass is 32.2. The number of nitrogens with one attached hydrogen (secondary N) is 1. The molecule has 0 aromatic carbocycles. The molecule has 15 heteroatoms. The molecule has 36 heavy (non-hydrogen) atoms. The van der Waals surface area contributed by atoms with Gasteiger partial charge in [0.2, 0.25) is 0 Å². The van der Waals surface area contributed by atoms with E-state index < -0.39 is 35.4 Å². The second kappa shape index (κ2) is 10.8. The molecule has 4 heterocycles. The first kappa shape index (κ1) is 25.9. The van der Waals surface area contributed by atoms with E-state index in [0.717, 1.165) is 16.2 Å². The molecule has 11 nitrogen and oxygen atoms in total. The van der Waals surface area contributed by atoms with E-state index in [9.17, 15) is 23.9 Å². The number of amides is 2. The summed E-state index contributed by atoms with van der Waals surface area (Å²) in [5.74, 6) is -1.84. The molecule has 3 atom stereocenters. The summed E-state index contributed by atoms with van der Waals surface area (Å²) in [7, 11) is 1.27. The lowest BCUT2D eigenvalue weighted by Gasteiger charge is -2.49. The lowest BCUT2D eigenvalue weighted by molar-refractivity contribution is -0.150. The van der Waals surface area contributed by atoms with Gasteiger partial charge in [-0.3, -0.25) is 19.5 Å². The van der Waals surface area contributed by atoms with Crippen molar-refractivity contribution >= 4 is 63.5 Å². The maximum atomic E-state index is 13.6. The number of nitrogens with zero attached hydrogens (tertiary/aromatic N) is 4. The number of carboxylic acids is 1. The summed E-state index contributed by atoms with van der Waals surface area (Å²) in [6, 6.07) is 2.38. The number of aromatic nitrogens is 2. The van der Waals surface area contributed by atoms with E-state index in [1.54, 1.807) is 12.1 Å². The van der Waals surface area contributed by atoms with Crippen LogP contribution < -0.4 is 11.1 Å². The highest BCUT2D eigenvalue weighted by molar-refractivity contribution is 8.01. The average Bonchev–Trinajstić information content (AvgIpc) is 3.29. The number of β-lactam (4-membered cyclic amide) rings is 1. The van der Waals surface area contributed by atoms with Crippen LogP contribution in [0.5, 0.6) is 0 Å². The van der Waals surface area contributed by atoms with E-state index in [-0.39, 0.29) is 22.2 Å². The predicted octanol–water partition coefficient (Wildman–Crippen LogP) is 2.03. The van der Waals surface area contributed by atoms with Crippen LogP contribution in [0.2, 0.25) is 0 Å². The molecule has 2 aromatic heterocycles. The Balaban J connectivity index is 1.48. The third-order valence-electron chi connectivity index (χ3n) is 5.27. The average molecular weight is 553 g/mol. The zero-order chi connectivity index (χ0) is 26.0. The van der Waals surface area contributed by atoms with E-state index in [1.807, 2.05) is 0 Å². The highest BCUT2D eigenvalue weighted by Crippen LogP contribution is 2.41. The van der Waals surface area contributed by atoms with E-state index in [2.05, 4.69) is 20.4 Å². The van der Waals surface area contributed by atoms with Crippen molar-refractivity contribution < 1.29 is 28.7 Å². The van der Waals surface area contributed by atoms with Crippen LogP contribution in [-0.4, -0.2) is 73.5 Å². The molecular weight excluding hydrogens is 531 g/mol. The van der Waals surface area contributed by atoms with Crippen molar-refractivity contribution in [2.24, 2.45) is 5.16 Å². The number of alkyl halides is 1. The van der Waals surface area contributed by atoms with Crippen molar-refractivity contribution in [1.29, 1.82) is 0 Å². The molecule has 0 aliphatic carbocycles. The first-order chi connectivity index (χ1) is 17.2. The van der Waals surface area contributed by atoms with Gasteiger partial charge in [-0.15, -0.1) is 34.9 Å². The lowest BCUT2D eigenvalue weighted by atomic mass is 10.0. The standard InChI is InChI=1S/C21H21FN6O5S3/c1-9(22)12-5-11(3-4-24-12)34-6-10-7-35-19-15(18(30)28(19)16(10)20(31)32)26-17(29)14(27-33-2)13-8-36-21(23)25-13/h3-5,8-9,15,19H,6-7H2,1-2H3,(H2,23,25)(H,26,29)(H,31,32)/b27-14-/t9?,15-,19-/m1/s1. The molecule has 1 saturated heterocycles. The summed E-state index contributed by atoms with van der Waals surface area (Å²) < 4.78 is 13.6. The van der Waals surface area contributed by atoms with E-state index in [4.69, 9.17) is 10.6 Å². The Hall–Kier alpha value is -3.17. The molecule has 2 aliphatic heterocycles. The van der Waals surface area contributed by atoms with Crippen LogP contribution in [0, 0.1) is 0 Å². The number of anilines is 1. The minimum absolute atomic E-state index is 0.104. The van der Waals surface area contributed by atoms with Crippen LogP contribution in [0.25, 0.3) is 0 Å². The largest absolute Gasteiger partial charge is 0.477 e. The molecule has 2 amide bonds. The minimum Gasteiger partial charge on any atom is -0.477 e. The van der Waals surface area contributed by atoms with Crippen LogP contribution >= 0.6 is 34.9 Å². The van der Waals surface area contributed by atoms with Crippen molar-refractivity contribution in [3.63, 3.8) is 0 Å². The molecule has 0 bridgehead atoms. The first-order valence-electron chi connectivity index (χ1n) is 10.5. The van der Waals surface area contributed by atoms with Gasteiger partial charge in [-0.1, -0.05) is 5.16 Å². The Morgan fingerprint density at radius 1 is 1.50 bits per heavy atom. The molecule has 4 N–H and O–H groups in total. The van der Waals surface area contributed by atoms with Gasteiger partial charge in [0.25, 0.3) is 11.8 Å². The highest BCUT2D eigenvalue weighted by Gasteiger charge is 2.54. The molecule has 0 saturated carbocycles. The van der Waals surface area contributed by atoms with E-state index >= 15 is 0 Å². The Bertz CT molecular complexity index is 1270. The summed E-state index contributed by atoms with van der Waals surface area (Å²) in [5.41, 5.74) is 6.42. The second-order valence-electron chi connectivity index (χ2n) is 7.63. The molecule has 1 fully saturated rings. The summed E-state index contributed by atoms with van der Waals surface area (Å²) in [5, 5.41) is 17.4. The fourth-order valence-electron chi connectivity index (χ4n) is 3.60. The summed E-state index contributed by atoms with van der Waals surface area (Å²) in [6.07, 6.45) is 0.276. The predicted molar refractivity (Wildman–Crippen MR) is 134 cm³/mol. The number of pyridine rings is 1. The number of thiazole rings is 1. The topological polar surface area (TPSA) is 160 Å². The normalized spacial score (nSPS) is 20.5. The number of halogens is 1. The number of hydrogen-bond acceptors (Lipinski definition) is 11. The van der Waals surface area contributed by atoms with E-state index in [1.165, 1.54) is 54.0 Å². The minimum atomic E-state index is -1.23. The molecule has 0 radical (unpaired) electrons. The molecule has 190 valence electrons. The number of carbonyl (C=O) groups excluding carboxylic acids is 2. The monoisotopic (exact) mass is 552 g/mol. The fraction of sp³-hybridized carbons (Fsp3) is 0.333. The molecule has 0 spiro atoms. The Morgan fingerprint density at radius 3 is 2.92 bits per heavy atom. The number of oxime groups is 1. The Morgan fingerprint density at radius 2 is 2.28 bits per heavy atom. The number of aliphatic carboxylic acids is 1. The lowest BCUT2D eigenvalue weighted by Crippen LogP contribution is -2.71. The van der Waals surface area contributed by atoms with Gasteiger partial charge in [0.15, 0.2) is 10.8 Å². The zero-order valence-corrected chi connectivity index (χ0v) is 21.5. The van der Waals surface area contributed by atoms with Crippen LogP contribution in [0.3, 0.4) is 0 Å². The smallest absolute Gasteiger partial charge is 0.352 e. The van der Waals surface area contributed by atoms with Gasteiger partial charge in [0.1, 0.15) is 36.1 Å². The maximum Gasteiger partial charge on any atom is 0.352 e. The van der Waals surface area contributed by atoms with Crippen molar-refractivity contribution in [2.45, 2.75) is 29.4 Å². The van der Waals surface area contributed by atoms with Crippen molar-refractivity contribution in [2.75, 3.05) is 24.3 Å². The summed E-state index contributed by atoms with van der Waals surface area (Å²) in [4.78, 5) is 52.5. The van der Waals surface area contributed by atoms with Crippen LogP contribution in [0.4, 0.5) is 9.52 Å². The summed E-state index contributed by atoms with van der Waals surface area (Å²) >= 11 is 3.79. The zero-order valence-electron chi connectivity index (χ0n) is 19.0. The van der Waals surface area contributed by atoms with Crippen molar-refractivity contribution in [3.8, 4) is 0 Å². The van der Waals surface area contributed by atoms with Crippen molar-refractivity contribution in [3.05, 3.63) is 46.4 Å². The number of carbonyl (C=O) groups is 3. The SMILES string of the molecule is CO/N=C(\C(=O)N[C@@H]1C(=O)N2C(C(=O)O)=C(CSc3ccnc(C(C)F)c3)CS[C@H]12)c1csc(N)n1. The van der Waals surface area contributed by atoms with Gasteiger partial charge in [0, 0.05) is 28.0 Å². The van der Waals surface area contributed by atoms with Crippen molar-refractivity contribution in [1.82, 2.24) is 20.2 Å². The van der Waals surface area contributed by atoms with Crippen LogP contribution in [0.1, 0.15) is 24.5 Å². The van der Waals surface area contributed by atoms with Gasteiger partial charge >= 0.3 is 5.97 Å². The van der Waals surface area contributed by atoms with Gasteiger partial charge in [-0.25, -0.2) is 14.2 Å². The number of thioether (sulfide) groups is 2. The molecule has 2 aromatic rings. The molecule has 1 unspecified atom stereocenters. The molecular formula is C21H21FN6O5S3. The maximum absolute atomic E-state index is 13.6. The Labute approximate surface area is 217 Å². The van der Waals surface area contributed by atoms with Gasteiger partial charge in [-0.05, 0) is 24.6 Å². The molecule has 4 rings (SSSR count).